The third-order valence-corrected chi connectivity index (χ3v) is 5.30. The Balaban J connectivity index is 1.47. The van der Waals surface area contributed by atoms with Gasteiger partial charge in [-0.15, -0.1) is 10.2 Å². The Morgan fingerprint density at radius 2 is 1.55 bits per heavy atom. The summed E-state index contributed by atoms with van der Waals surface area (Å²) in [6.45, 7) is 2.01. The number of carboxylic acid groups (broad SMARTS) is 1. The summed E-state index contributed by atoms with van der Waals surface area (Å²) in [4.78, 5) is 23.6. The average molecular weight is 391 g/mol. The van der Waals surface area contributed by atoms with Crippen molar-refractivity contribution in [2.75, 3.05) is 0 Å². The number of aliphatic carboxylic acids is 1. The van der Waals surface area contributed by atoms with Crippen molar-refractivity contribution in [3.05, 3.63) is 59.7 Å². The van der Waals surface area contributed by atoms with E-state index in [4.69, 9.17) is 9.52 Å². The number of amides is 1. The second-order valence-corrected chi connectivity index (χ2v) is 7.51. The molecule has 0 atom stereocenters. The van der Waals surface area contributed by atoms with Gasteiger partial charge in [0.2, 0.25) is 11.8 Å². The van der Waals surface area contributed by atoms with E-state index in [1.165, 1.54) is 0 Å². The first kappa shape index (κ1) is 18.9. The quantitative estimate of drug-likeness (QED) is 0.661. The minimum Gasteiger partial charge on any atom is -0.481 e. The van der Waals surface area contributed by atoms with Gasteiger partial charge in [0, 0.05) is 16.7 Å². The second-order valence-electron chi connectivity index (χ2n) is 7.51. The van der Waals surface area contributed by atoms with E-state index >= 15 is 0 Å². The third-order valence-electron chi connectivity index (χ3n) is 5.30. The lowest BCUT2D eigenvalue weighted by Crippen LogP contribution is -2.54. The summed E-state index contributed by atoms with van der Waals surface area (Å²) in [5.74, 6) is -0.374. The molecule has 1 amide bonds. The highest BCUT2D eigenvalue weighted by molar-refractivity contribution is 5.95. The Morgan fingerprint density at radius 1 is 1.00 bits per heavy atom. The zero-order chi connectivity index (χ0) is 20.4. The summed E-state index contributed by atoms with van der Waals surface area (Å²) < 4.78 is 5.76. The Labute approximate surface area is 167 Å². The average Bonchev–Trinajstić information content (AvgIpc) is 3.16. The van der Waals surface area contributed by atoms with Crippen molar-refractivity contribution in [1.29, 1.82) is 0 Å². The van der Waals surface area contributed by atoms with E-state index in [1.54, 1.807) is 24.3 Å². The summed E-state index contributed by atoms with van der Waals surface area (Å²) in [7, 11) is 0. The van der Waals surface area contributed by atoms with Crippen molar-refractivity contribution in [1.82, 2.24) is 15.5 Å². The fourth-order valence-corrected chi connectivity index (χ4v) is 3.47. The number of hydrogen-bond acceptors (Lipinski definition) is 5. The van der Waals surface area contributed by atoms with Gasteiger partial charge >= 0.3 is 5.97 Å². The van der Waals surface area contributed by atoms with Crippen LogP contribution in [0.3, 0.4) is 0 Å². The molecule has 0 unspecified atom stereocenters. The summed E-state index contributed by atoms with van der Waals surface area (Å²) in [6.07, 6.45) is 2.24. The van der Waals surface area contributed by atoms with Crippen LogP contribution in [0, 0.1) is 6.92 Å². The van der Waals surface area contributed by atoms with Gasteiger partial charge in [0.25, 0.3) is 5.91 Å². The predicted molar refractivity (Wildman–Crippen MR) is 106 cm³/mol. The van der Waals surface area contributed by atoms with Crippen molar-refractivity contribution in [2.45, 2.75) is 38.1 Å². The lowest BCUT2D eigenvalue weighted by Gasteiger charge is -2.41. The van der Waals surface area contributed by atoms with Crippen LogP contribution in [-0.2, 0) is 4.79 Å². The Hall–Kier alpha value is -3.48. The number of carbonyl (C=O) groups is 2. The highest BCUT2D eigenvalue weighted by Gasteiger charge is 2.40. The van der Waals surface area contributed by atoms with Gasteiger partial charge in [0.05, 0.1) is 12.0 Å². The van der Waals surface area contributed by atoms with Gasteiger partial charge in [-0.2, -0.15) is 0 Å². The van der Waals surface area contributed by atoms with Gasteiger partial charge in [-0.1, -0.05) is 17.7 Å². The Morgan fingerprint density at radius 3 is 2.03 bits per heavy atom. The van der Waals surface area contributed by atoms with E-state index in [1.807, 2.05) is 31.2 Å². The molecule has 0 spiro atoms. The predicted octanol–water partition coefficient (Wildman–Crippen LogP) is 3.84. The molecule has 7 nitrogen and oxygen atoms in total. The normalized spacial score (nSPS) is 14.8. The van der Waals surface area contributed by atoms with Crippen molar-refractivity contribution in [3.63, 3.8) is 0 Å². The molecule has 1 aromatic heterocycles. The van der Waals surface area contributed by atoms with E-state index in [-0.39, 0.29) is 12.3 Å². The van der Waals surface area contributed by atoms with E-state index in [0.717, 1.165) is 17.5 Å². The van der Waals surface area contributed by atoms with Crippen LogP contribution in [0.15, 0.2) is 52.9 Å². The first-order valence-corrected chi connectivity index (χ1v) is 9.49. The van der Waals surface area contributed by atoms with E-state index < -0.39 is 11.5 Å². The summed E-state index contributed by atoms with van der Waals surface area (Å²) in [6, 6.07) is 14.6. The highest BCUT2D eigenvalue weighted by atomic mass is 16.4. The smallest absolute Gasteiger partial charge is 0.305 e. The monoisotopic (exact) mass is 391 g/mol. The topological polar surface area (TPSA) is 105 Å². The summed E-state index contributed by atoms with van der Waals surface area (Å²) in [5.41, 5.74) is 2.53. The minimum atomic E-state index is -0.902. The Bertz CT molecular complexity index is 1030. The largest absolute Gasteiger partial charge is 0.481 e. The van der Waals surface area contributed by atoms with Gasteiger partial charge in [-0.3, -0.25) is 9.59 Å². The van der Waals surface area contributed by atoms with Crippen molar-refractivity contribution >= 4 is 11.9 Å². The molecule has 1 fully saturated rings. The summed E-state index contributed by atoms with van der Waals surface area (Å²) in [5, 5.41) is 20.2. The number of carbonyl (C=O) groups excluding carboxylic acids is 1. The molecule has 29 heavy (non-hydrogen) atoms. The number of aryl methyl sites for hydroxylation is 1. The first-order chi connectivity index (χ1) is 13.9. The molecular formula is C22H21N3O4. The molecule has 3 aromatic rings. The van der Waals surface area contributed by atoms with Crippen LogP contribution in [0.25, 0.3) is 22.9 Å². The van der Waals surface area contributed by atoms with Crippen LogP contribution >= 0.6 is 0 Å². The van der Waals surface area contributed by atoms with Crippen LogP contribution in [-0.4, -0.2) is 32.7 Å². The van der Waals surface area contributed by atoms with E-state index in [0.29, 0.717) is 35.7 Å². The van der Waals surface area contributed by atoms with Crippen LogP contribution < -0.4 is 5.32 Å². The maximum atomic E-state index is 12.5. The fraction of sp³-hybridized carbons (Fsp3) is 0.273. The van der Waals surface area contributed by atoms with E-state index in [2.05, 4.69) is 15.5 Å². The molecule has 0 saturated heterocycles. The Kier molecular flexibility index (Phi) is 4.88. The lowest BCUT2D eigenvalue weighted by atomic mass is 9.74. The van der Waals surface area contributed by atoms with E-state index in [9.17, 15) is 9.59 Å². The maximum Gasteiger partial charge on any atom is 0.305 e. The fourth-order valence-electron chi connectivity index (χ4n) is 3.47. The standard InChI is InChI=1S/C22H21N3O4/c1-14-3-5-16(6-4-14)20-24-25-21(29-20)17-9-7-15(8-10-17)19(28)23-22(11-2-12-22)13-18(26)27/h3-10H,2,11-13H2,1H3,(H,23,28)(H,26,27). The van der Waals surface area contributed by atoms with Gasteiger partial charge in [0.15, 0.2) is 0 Å². The van der Waals surface area contributed by atoms with Gasteiger partial charge in [-0.25, -0.2) is 0 Å². The van der Waals surface area contributed by atoms with Gasteiger partial charge in [0.1, 0.15) is 0 Å². The van der Waals surface area contributed by atoms with Crippen molar-refractivity contribution in [2.24, 2.45) is 0 Å². The second kappa shape index (κ2) is 7.50. The van der Waals surface area contributed by atoms with Gasteiger partial charge in [-0.05, 0) is 62.6 Å². The van der Waals surface area contributed by atoms with Crippen molar-refractivity contribution < 1.29 is 19.1 Å². The number of nitrogens with zero attached hydrogens (tertiary/aromatic N) is 2. The molecular weight excluding hydrogens is 370 g/mol. The minimum absolute atomic E-state index is 0.0550. The number of rotatable bonds is 6. The molecule has 0 bridgehead atoms. The molecule has 1 aliphatic carbocycles. The molecule has 0 aliphatic heterocycles. The first-order valence-electron chi connectivity index (χ1n) is 9.49. The lowest BCUT2D eigenvalue weighted by molar-refractivity contribution is -0.139. The van der Waals surface area contributed by atoms with Crippen LogP contribution in [0.5, 0.6) is 0 Å². The molecule has 1 saturated carbocycles. The zero-order valence-electron chi connectivity index (χ0n) is 16.0. The highest BCUT2D eigenvalue weighted by Crippen LogP contribution is 2.35. The third kappa shape index (κ3) is 4.03. The molecule has 7 heteroatoms. The molecule has 4 rings (SSSR count). The molecule has 2 N–H and O–H groups in total. The van der Waals surface area contributed by atoms with Crippen LogP contribution in [0.2, 0.25) is 0 Å². The number of carboxylic acids is 1. The number of aromatic nitrogens is 2. The van der Waals surface area contributed by atoms with Gasteiger partial charge < -0.3 is 14.8 Å². The van der Waals surface area contributed by atoms with Crippen LogP contribution in [0.1, 0.15) is 41.6 Å². The van der Waals surface area contributed by atoms with Crippen LogP contribution in [0.4, 0.5) is 0 Å². The number of nitrogens with one attached hydrogen (secondary N) is 1. The molecule has 1 heterocycles. The summed E-state index contributed by atoms with van der Waals surface area (Å²) >= 11 is 0. The molecule has 1 aliphatic rings. The molecule has 148 valence electrons. The maximum absolute atomic E-state index is 12.5. The number of hydrogen-bond donors (Lipinski definition) is 2. The zero-order valence-corrected chi connectivity index (χ0v) is 16.0. The SMILES string of the molecule is Cc1ccc(-c2nnc(-c3ccc(C(=O)NC4(CC(=O)O)CCC4)cc3)o2)cc1. The van der Waals surface area contributed by atoms with Crippen molar-refractivity contribution in [3.8, 4) is 22.9 Å². The molecule has 0 radical (unpaired) electrons. The molecule has 2 aromatic carbocycles. The number of benzene rings is 2.